The molecule has 1 aliphatic rings. The number of amides is 1. The highest BCUT2D eigenvalue weighted by Crippen LogP contribution is 2.21. The quantitative estimate of drug-likeness (QED) is 0.815. The number of methoxy groups -OCH3 is 1. The highest BCUT2D eigenvalue weighted by atomic mass is 32.2. The molecule has 1 fully saturated rings. The Balaban J connectivity index is 2.16. The van der Waals surface area contributed by atoms with Crippen LogP contribution in [0.3, 0.4) is 0 Å². The molecule has 0 radical (unpaired) electrons. The van der Waals surface area contributed by atoms with E-state index in [1.54, 1.807) is 4.90 Å². The van der Waals surface area contributed by atoms with Crippen LogP contribution in [0.5, 0.6) is 5.75 Å². The minimum Gasteiger partial charge on any atom is -0.495 e. The molecule has 2 rings (SSSR count). The van der Waals surface area contributed by atoms with Crippen molar-refractivity contribution in [1.29, 1.82) is 0 Å². The molecule has 1 aromatic rings. The minimum atomic E-state index is -3.63. The SMILES string of the molecule is COc1cncc(S(=O)(=O)N2CCCN(C(=O)C(C)C)CC2)c1. The molecule has 0 N–H and O–H groups in total. The van der Waals surface area contributed by atoms with Crippen LogP contribution in [-0.4, -0.2) is 61.8 Å². The van der Waals surface area contributed by atoms with Crippen molar-refractivity contribution in [1.82, 2.24) is 14.2 Å². The lowest BCUT2D eigenvalue weighted by molar-refractivity contribution is -0.134. The standard InChI is InChI=1S/C15H23N3O4S/c1-12(2)15(19)17-5-4-6-18(8-7-17)23(20,21)14-9-13(22-3)10-16-11-14/h9-12H,4-8H2,1-3H3. The second-order valence-corrected chi connectivity index (χ2v) is 7.74. The van der Waals surface area contributed by atoms with Gasteiger partial charge in [-0.1, -0.05) is 13.8 Å². The molecule has 0 bridgehead atoms. The molecule has 8 heteroatoms. The van der Waals surface area contributed by atoms with Gasteiger partial charge in [0, 0.05) is 44.4 Å². The number of pyridine rings is 1. The molecule has 0 aliphatic carbocycles. The highest BCUT2D eigenvalue weighted by molar-refractivity contribution is 7.89. The molecule has 0 spiro atoms. The smallest absolute Gasteiger partial charge is 0.244 e. The minimum absolute atomic E-state index is 0.0623. The number of hydrogen-bond acceptors (Lipinski definition) is 5. The predicted molar refractivity (Wildman–Crippen MR) is 85.6 cm³/mol. The first-order valence-electron chi connectivity index (χ1n) is 7.64. The summed E-state index contributed by atoms with van der Waals surface area (Å²) in [7, 11) is -2.17. The van der Waals surface area contributed by atoms with Gasteiger partial charge in [-0.15, -0.1) is 0 Å². The number of sulfonamides is 1. The van der Waals surface area contributed by atoms with Gasteiger partial charge in [0.05, 0.1) is 13.3 Å². The summed E-state index contributed by atoms with van der Waals surface area (Å²) in [5.41, 5.74) is 0. The Morgan fingerprint density at radius 2 is 1.96 bits per heavy atom. The fraction of sp³-hybridized carbons (Fsp3) is 0.600. The first kappa shape index (κ1) is 17.7. The zero-order chi connectivity index (χ0) is 17.0. The van der Waals surface area contributed by atoms with Crippen LogP contribution >= 0.6 is 0 Å². The Labute approximate surface area is 137 Å². The lowest BCUT2D eigenvalue weighted by Gasteiger charge is -2.23. The lowest BCUT2D eigenvalue weighted by Crippen LogP contribution is -2.38. The number of ether oxygens (including phenoxy) is 1. The molecule has 1 aromatic heterocycles. The van der Waals surface area contributed by atoms with Crippen molar-refractivity contribution in [3.63, 3.8) is 0 Å². The molecule has 2 heterocycles. The van der Waals surface area contributed by atoms with Gasteiger partial charge in [0.1, 0.15) is 10.6 Å². The summed E-state index contributed by atoms with van der Waals surface area (Å²) in [5, 5.41) is 0. The molecule has 1 amide bonds. The van der Waals surface area contributed by atoms with E-state index in [4.69, 9.17) is 4.74 Å². The fourth-order valence-corrected chi connectivity index (χ4v) is 3.97. The number of hydrogen-bond donors (Lipinski definition) is 0. The van der Waals surface area contributed by atoms with Crippen molar-refractivity contribution in [3.8, 4) is 5.75 Å². The molecule has 7 nitrogen and oxygen atoms in total. The molecule has 1 aliphatic heterocycles. The van der Waals surface area contributed by atoms with Gasteiger partial charge in [0.25, 0.3) is 0 Å². The van der Waals surface area contributed by atoms with Crippen molar-refractivity contribution in [3.05, 3.63) is 18.5 Å². The summed E-state index contributed by atoms with van der Waals surface area (Å²) in [5.74, 6) is 0.380. The van der Waals surface area contributed by atoms with Crippen molar-refractivity contribution in [2.24, 2.45) is 5.92 Å². The molecule has 1 saturated heterocycles. The van der Waals surface area contributed by atoms with E-state index in [1.165, 1.54) is 29.9 Å². The van der Waals surface area contributed by atoms with E-state index in [0.717, 1.165) is 0 Å². The lowest BCUT2D eigenvalue weighted by atomic mass is 10.2. The van der Waals surface area contributed by atoms with Gasteiger partial charge in [-0.05, 0) is 6.42 Å². The van der Waals surface area contributed by atoms with Gasteiger partial charge in [-0.25, -0.2) is 8.42 Å². The van der Waals surface area contributed by atoms with Crippen LogP contribution in [0.25, 0.3) is 0 Å². The molecule has 0 aromatic carbocycles. The number of nitrogens with zero attached hydrogens (tertiary/aromatic N) is 3. The Morgan fingerprint density at radius 3 is 2.61 bits per heavy atom. The van der Waals surface area contributed by atoms with Crippen molar-refractivity contribution in [2.45, 2.75) is 25.2 Å². The van der Waals surface area contributed by atoms with Crippen molar-refractivity contribution in [2.75, 3.05) is 33.3 Å². The third-order valence-corrected chi connectivity index (χ3v) is 5.69. The van der Waals surface area contributed by atoms with E-state index in [0.29, 0.717) is 31.8 Å². The van der Waals surface area contributed by atoms with Crippen LogP contribution in [-0.2, 0) is 14.8 Å². The number of carbonyl (C=O) groups excluding carboxylic acids is 1. The van der Waals surface area contributed by atoms with Gasteiger partial charge in [-0.2, -0.15) is 4.31 Å². The summed E-state index contributed by atoms with van der Waals surface area (Å²) >= 11 is 0. The largest absolute Gasteiger partial charge is 0.495 e. The van der Waals surface area contributed by atoms with Crippen molar-refractivity contribution < 1.29 is 17.9 Å². The topological polar surface area (TPSA) is 79.8 Å². The first-order chi connectivity index (χ1) is 10.9. The zero-order valence-electron chi connectivity index (χ0n) is 13.7. The van der Waals surface area contributed by atoms with Crippen LogP contribution in [0.15, 0.2) is 23.4 Å². The summed E-state index contributed by atoms with van der Waals surface area (Å²) in [6, 6.07) is 1.46. The maximum absolute atomic E-state index is 12.7. The van der Waals surface area contributed by atoms with Crippen LogP contribution < -0.4 is 4.74 Å². The average Bonchev–Trinajstić information content (AvgIpc) is 2.80. The monoisotopic (exact) mass is 341 g/mol. The van der Waals surface area contributed by atoms with Gasteiger partial charge < -0.3 is 9.64 Å². The van der Waals surface area contributed by atoms with Crippen LogP contribution in [0.1, 0.15) is 20.3 Å². The van der Waals surface area contributed by atoms with Crippen molar-refractivity contribution >= 4 is 15.9 Å². The maximum Gasteiger partial charge on any atom is 0.244 e. The molecular formula is C15H23N3O4S. The van der Waals surface area contributed by atoms with Gasteiger partial charge in [-0.3, -0.25) is 9.78 Å². The predicted octanol–water partition coefficient (Wildman–Crippen LogP) is 0.969. The maximum atomic E-state index is 12.7. The molecule has 23 heavy (non-hydrogen) atoms. The zero-order valence-corrected chi connectivity index (χ0v) is 14.5. The Bertz CT molecular complexity index is 660. The fourth-order valence-electron chi connectivity index (χ4n) is 2.52. The molecule has 0 atom stereocenters. The summed E-state index contributed by atoms with van der Waals surface area (Å²) in [6.45, 7) is 5.37. The van der Waals surface area contributed by atoms with Gasteiger partial charge >= 0.3 is 0 Å². The first-order valence-corrected chi connectivity index (χ1v) is 9.08. The van der Waals surface area contributed by atoms with E-state index < -0.39 is 10.0 Å². The Kier molecular flexibility index (Phi) is 5.59. The summed E-state index contributed by atoms with van der Waals surface area (Å²) < 4.78 is 31.9. The molecule has 0 unspecified atom stereocenters. The normalized spacial score (nSPS) is 17.1. The van der Waals surface area contributed by atoms with Gasteiger partial charge in [0.2, 0.25) is 15.9 Å². The molecule has 128 valence electrons. The van der Waals surface area contributed by atoms with Crippen LogP contribution in [0, 0.1) is 5.92 Å². The number of rotatable bonds is 4. The third-order valence-electron chi connectivity index (χ3n) is 3.82. The molecular weight excluding hydrogens is 318 g/mol. The van der Waals surface area contributed by atoms with E-state index in [2.05, 4.69) is 4.98 Å². The number of aromatic nitrogens is 1. The summed E-state index contributed by atoms with van der Waals surface area (Å²) in [6.07, 6.45) is 3.40. The Hall–Kier alpha value is -1.67. The second-order valence-electron chi connectivity index (χ2n) is 5.80. The van der Waals surface area contributed by atoms with E-state index in [1.807, 2.05) is 13.8 Å². The van der Waals surface area contributed by atoms with Crippen LogP contribution in [0.4, 0.5) is 0 Å². The third kappa shape index (κ3) is 4.00. The molecule has 0 saturated carbocycles. The Morgan fingerprint density at radius 1 is 1.22 bits per heavy atom. The van der Waals surface area contributed by atoms with Gasteiger partial charge in [0.15, 0.2) is 0 Å². The summed E-state index contributed by atoms with van der Waals surface area (Å²) in [4.78, 5) is 17.9. The highest BCUT2D eigenvalue weighted by Gasteiger charge is 2.29. The van der Waals surface area contributed by atoms with E-state index in [9.17, 15) is 13.2 Å². The average molecular weight is 341 g/mol. The van der Waals surface area contributed by atoms with Crippen LogP contribution in [0.2, 0.25) is 0 Å². The van der Waals surface area contributed by atoms with E-state index >= 15 is 0 Å². The second kappa shape index (κ2) is 7.27. The number of carbonyl (C=O) groups is 1. The van der Waals surface area contributed by atoms with E-state index in [-0.39, 0.29) is 23.3 Å².